The second kappa shape index (κ2) is 10.0. The second-order valence-corrected chi connectivity index (χ2v) is 5.08. The molecule has 0 bridgehead atoms. The van der Waals surface area contributed by atoms with Crippen LogP contribution in [0.2, 0.25) is 0 Å². The molecule has 0 amide bonds. The number of amidine groups is 1. The van der Waals surface area contributed by atoms with Gasteiger partial charge in [0.15, 0.2) is 5.84 Å². The van der Waals surface area contributed by atoms with Crippen molar-refractivity contribution in [2.75, 3.05) is 32.9 Å². The number of benzene rings is 1. The molecule has 4 N–H and O–H groups in total. The van der Waals surface area contributed by atoms with Crippen molar-refractivity contribution < 1.29 is 14.7 Å². The summed E-state index contributed by atoms with van der Waals surface area (Å²) in [5, 5.41) is 14.8. The lowest BCUT2D eigenvalue weighted by molar-refractivity contribution is 0.111. The summed E-state index contributed by atoms with van der Waals surface area (Å²) in [5.74, 6) is 1.41. The summed E-state index contributed by atoms with van der Waals surface area (Å²) in [6, 6.07) is 7.08. The second-order valence-electron chi connectivity index (χ2n) is 5.08. The lowest BCUT2D eigenvalue weighted by atomic mass is 10.2. The Morgan fingerprint density at radius 2 is 1.90 bits per heavy atom. The first kappa shape index (κ1) is 17.3. The molecule has 0 aliphatic heterocycles. The van der Waals surface area contributed by atoms with Crippen molar-refractivity contribution >= 4 is 5.84 Å². The number of oxime groups is 1. The fraction of sp³-hybridized carbons (Fsp3) is 0.533. The molecule has 1 aromatic rings. The standard InChI is InChI=1S/C15H25N3O3/c1-12(2)11-20-9-7-17-8-10-21-14-5-3-13(4-6-14)15(16)18-19/h3-6,12,17,19H,7-11H2,1-2H3,(H2,16,18). The molecular weight excluding hydrogens is 270 g/mol. The average molecular weight is 295 g/mol. The first-order valence-electron chi connectivity index (χ1n) is 7.12. The van der Waals surface area contributed by atoms with E-state index in [0.717, 1.165) is 25.4 Å². The Hall–Kier alpha value is -1.79. The van der Waals surface area contributed by atoms with Gasteiger partial charge in [-0.25, -0.2) is 0 Å². The van der Waals surface area contributed by atoms with Crippen LogP contribution in [0.15, 0.2) is 29.4 Å². The van der Waals surface area contributed by atoms with E-state index in [2.05, 4.69) is 24.3 Å². The zero-order valence-electron chi connectivity index (χ0n) is 12.7. The number of nitrogens with one attached hydrogen (secondary N) is 1. The van der Waals surface area contributed by atoms with Crippen molar-refractivity contribution in [1.29, 1.82) is 0 Å². The molecule has 0 saturated carbocycles. The smallest absolute Gasteiger partial charge is 0.170 e. The molecule has 6 nitrogen and oxygen atoms in total. The average Bonchev–Trinajstić information content (AvgIpc) is 2.49. The lowest BCUT2D eigenvalue weighted by Gasteiger charge is -2.09. The molecule has 1 rings (SSSR count). The SMILES string of the molecule is CC(C)COCCNCCOc1ccc(/C(N)=N/O)cc1. The topological polar surface area (TPSA) is 89.1 Å². The van der Waals surface area contributed by atoms with Crippen molar-refractivity contribution in [3.8, 4) is 5.75 Å². The van der Waals surface area contributed by atoms with Crippen LogP contribution in [0.3, 0.4) is 0 Å². The van der Waals surface area contributed by atoms with Crippen molar-refractivity contribution in [1.82, 2.24) is 5.32 Å². The highest BCUT2D eigenvalue weighted by Crippen LogP contribution is 2.11. The Bertz CT molecular complexity index is 419. The summed E-state index contributed by atoms with van der Waals surface area (Å²) < 4.78 is 11.0. The molecule has 21 heavy (non-hydrogen) atoms. The molecule has 0 saturated heterocycles. The molecule has 0 atom stereocenters. The van der Waals surface area contributed by atoms with Crippen LogP contribution in [0.4, 0.5) is 0 Å². The predicted molar refractivity (Wildman–Crippen MR) is 83.0 cm³/mol. The van der Waals surface area contributed by atoms with Crippen LogP contribution in [-0.4, -0.2) is 44.0 Å². The van der Waals surface area contributed by atoms with Gasteiger partial charge in [0.1, 0.15) is 12.4 Å². The largest absolute Gasteiger partial charge is 0.492 e. The zero-order chi connectivity index (χ0) is 15.5. The molecule has 1 aromatic carbocycles. The van der Waals surface area contributed by atoms with E-state index in [4.69, 9.17) is 20.4 Å². The van der Waals surface area contributed by atoms with Crippen molar-refractivity contribution in [3.05, 3.63) is 29.8 Å². The van der Waals surface area contributed by atoms with E-state index in [9.17, 15) is 0 Å². The first-order chi connectivity index (χ1) is 10.1. The van der Waals surface area contributed by atoms with E-state index in [1.165, 1.54) is 0 Å². The molecule has 0 unspecified atom stereocenters. The number of rotatable bonds is 10. The van der Waals surface area contributed by atoms with Crippen molar-refractivity contribution in [3.63, 3.8) is 0 Å². The molecule has 0 heterocycles. The van der Waals surface area contributed by atoms with Gasteiger partial charge < -0.3 is 25.7 Å². The minimum atomic E-state index is 0.0876. The summed E-state index contributed by atoms with van der Waals surface area (Å²) >= 11 is 0. The molecule has 0 radical (unpaired) electrons. The summed E-state index contributed by atoms with van der Waals surface area (Å²) in [5.41, 5.74) is 6.14. The van der Waals surface area contributed by atoms with E-state index in [0.29, 0.717) is 24.7 Å². The third-order valence-electron chi connectivity index (χ3n) is 2.68. The van der Waals surface area contributed by atoms with Gasteiger partial charge in [-0.1, -0.05) is 19.0 Å². The molecule has 0 spiro atoms. The molecule has 0 aliphatic rings. The van der Waals surface area contributed by atoms with Gasteiger partial charge in [0.25, 0.3) is 0 Å². The van der Waals surface area contributed by atoms with Crippen LogP contribution >= 0.6 is 0 Å². The number of hydrogen-bond acceptors (Lipinski definition) is 5. The highest BCUT2D eigenvalue weighted by Gasteiger charge is 1.99. The number of nitrogens with zero attached hydrogens (tertiary/aromatic N) is 1. The van der Waals surface area contributed by atoms with Gasteiger partial charge >= 0.3 is 0 Å². The lowest BCUT2D eigenvalue weighted by Crippen LogP contribution is -2.25. The number of hydrogen-bond donors (Lipinski definition) is 3. The number of nitrogens with two attached hydrogens (primary N) is 1. The van der Waals surface area contributed by atoms with Crippen LogP contribution in [0.5, 0.6) is 5.75 Å². The van der Waals surface area contributed by atoms with Crippen LogP contribution in [0.25, 0.3) is 0 Å². The van der Waals surface area contributed by atoms with Gasteiger partial charge in [-0.2, -0.15) is 0 Å². The van der Waals surface area contributed by atoms with E-state index in [-0.39, 0.29) is 5.84 Å². The molecule has 0 aliphatic carbocycles. The van der Waals surface area contributed by atoms with Gasteiger partial charge in [0, 0.05) is 25.3 Å². The Balaban J connectivity index is 2.10. The maximum absolute atomic E-state index is 8.56. The van der Waals surface area contributed by atoms with E-state index in [1.807, 2.05) is 0 Å². The maximum Gasteiger partial charge on any atom is 0.170 e. The Labute approximate surface area is 125 Å². The highest BCUT2D eigenvalue weighted by atomic mass is 16.5. The van der Waals surface area contributed by atoms with Crippen molar-refractivity contribution in [2.24, 2.45) is 16.8 Å². The van der Waals surface area contributed by atoms with Gasteiger partial charge in [-0.3, -0.25) is 0 Å². The maximum atomic E-state index is 8.56. The molecule has 0 fully saturated rings. The summed E-state index contributed by atoms with van der Waals surface area (Å²) in [7, 11) is 0. The van der Waals surface area contributed by atoms with E-state index < -0.39 is 0 Å². The Morgan fingerprint density at radius 3 is 2.52 bits per heavy atom. The minimum Gasteiger partial charge on any atom is -0.492 e. The Kier molecular flexibility index (Phi) is 8.23. The van der Waals surface area contributed by atoms with Crippen LogP contribution in [-0.2, 0) is 4.74 Å². The fourth-order valence-corrected chi connectivity index (χ4v) is 1.61. The van der Waals surface area contributed by atoms with Gasteiger partial charge in [-0.05, 0) is 30.2 Å². The third kappa shape index (κ3) is 7.53. The normalized spacial score (nSPS) is 11.9. The van der Waals surface area contributed by atoms with Crippen LogP contribution in [0.1, 0.15) is 19.4 Å². The quantitative estimate of drug-likeness (QED) is 0.200. The Morgan fingerprint density at radius 1 is 1.24 bits per heavy atom. The fourth-order valence-electron chi connectivity index (χ4n) is 1.61. The van der Waals surface area contributed by atoms with Crippen LogP contribution in [0, 0.1) is 5.92 Å². The number of ether oxygens (including phenoxy) is 2. The first-order valence-corrected chi connectivity index (χ1v) is 7.12. The molecular formula is C15H25N3O3. The predicted octanol–water partition coefficient (Wildman–Crippen LogP) is 1.42. The minimum absolute atomic E-state index is 0.0876. The molecule has 118 valence electrons. The zero-order valence-corrected chi connectivity index (χ0v) is 12.7. The van der Waals surface area contributed by atoms with Crippen molar-refractivity contribution in [2.45, 2.75) is 13.8 Å². The van der Waals surface area contributed by atoms with E-state index >= 15 is 0 Å². The van der Waals surface area contributed by atoms with Gasteiger partial charge in [-0.15, -0.1) is 0 Å². The summed E-state index contributed by atoms with van der Waals surface area (Å²) in [4.78, 5) is 0. The van der Waals surface area contributed by atoms with E-state index in [1.54, 1.807) is 24.3 Å². The monoisotopic (exact) mass is 295 g/mol. The third-order valence-corrected chi connectivity index (χ3v) is 2.68. The molecule has 6 heteroatoms. The summed E-state index contributed by atoms with van der Waals surface area (Å²) in [6.45, 7) is 7.93. The molecule has 0 aromatic heterocycles. The highest BCUT2D eigenvalue weighted by molar-refractivity contribution is 5.97. The van der Waals surface area contributed by atoms with Crippen LogP contribution < -0.4 is 15.8 Å². The van der Waals surface area contributed by atoms with Gasteiger partial charge in [0.2, 0.25) is 0 Å². The van der Waals surface area contributed by atoms with Gasteiger partial charge in [0.05, 0.1) is 6.61 Å². The summed E-state index contributed by atoms with van der Waals surface area (Å²) in [6.07, 6.45) is 0.